The summed E-state index contributed by atoms with van der Waals surface area (Å²) in [6.45, 7) is 4.18. The molecule has 1 aromatic heterocycles. The summed E-state index contributed by atoms with van der Waals surface area (Å²) in [5, 5.41) is 3.11. The first-order chi connectivity index (χ1) is 8.15. The summed E-state index contributed by atoms with van der Waals surface area (Å²) in [5.74, 6) is 0.738. The van der Waals surface area contributed by atoms with Crippen molar-refractivity contribution >= 4 is 5.91 Å². The van der Waals surface area contributed by atoms with E-state index in [2.05, 4.69) is 17.2 Å². The van der Waals surface area contributed by atoms with Crippen molar-refractivity contribution in [2.75, 3.05) is 0 Å². The van der Waals surface area contributed by atoms with E-state index in [1.165, 1.54) is 12.8 Å². The predicted octanol–water partition coefficient (Wildman–Crippen LogP) is 2.70. The predicted molar refractivity (Wildman–Crippen MR) is 67.9 cm³/mol. The maximum absolute atomic E-state index is 12.0. The molecular weight excluding hydrogens is 212 g/mol. The van der Waals surface area contributed by atoms with Crippen molar-refractivity contribution in [3.05, 3.63) is 29.6 Å². The summed E-state index contributed by atoms with van der Waals surface area (Å²) in [7, 11) is 0. The first-order valence-corrected chi connectivity index (χ1v) is 6.38. The maximum atomic E-state index is 12.0. The largest absolute Gasteiger partial charge is 0.349 e. The van der Waals surface area contributed by atoms with Gasteiger partial charge in [0.2, 0.25) is 0 Å². The molecule has 3 nitrogen and oxygen atoms in total. The minimum atomic E-state index is 0.0107. The molecule has 92 valence electrons. The third kappa shape index (κ3) is 3.29. The quantitative estimate of drug-likeness (QED) is 0.851. The van der Waals surface area contributed by atoms with E-state index in [0.29, 0.717) is 11.6 Å². The number of pyridine rings is 1. The van der Waals surface area contributed by atoms with Crippen LogP contribution in [0.1, 0.15) is 48.7 Å². The molecule has 1 amide bonds. The van der Waals surface area contributed by atoms with Crippen LogP contribution in [0.25, 0.3) is 0 Å². The fraction of sp³-hybridized carbons (Fsp3) is 0.571. The lowest BCUT2D eigenvalue weighted by atomic mass is 9.87. The summed E-state index contributed by atoms with van der Waals surface area (Å²) in [6, 6.07) is 4.05. The van der Waals surface area contributed by atoms with Crippen LogP contribution < -0.4 is 5.32 Å². The first-order valence-electron chi connectivity index (χ1n) is 6.38. The van der Waals surface area contributed by atoms with Gasteiger partial charge in [-0.3, -0.25) is 9.78 Å². The van der Waals surface area contributed by atoms with Crippen LogP contribution in [0.4, 0.5) is 0 Å². The molecule has 1 heterocycles. The molecule has 1 aliphatic carbocycles. The van der Waals surface area contributed by atoms with Crippen LogP contribution in [-0.4, -0.2) is 16.9 Å². The lowest BCUT2D eigenvalue weighted by molar-refractivity contribution is 0.0921. The van der Waals surface area contributed by atoms with Crippen LogP contribution in [-0.2, 0) is 0 Å². The topological polar surface area (TPSA) is 42.0 Å². The number of amides is 1. The Morgan fingerprint density at radius 2 is 2.24 bits per heavy atom. The molecule has 0 aromatic carbocycles. The molecule has 0 bridgehead atoms. The number of carbonyl (C=O) groups excluding carboxylic acids is 1. The van der Waals surface area contributed by atoms with E-state index in [1.807, 2.05) is 19.1 Å². The Labute approximate surface area is 103 Å². The molecule has 0 aliphatic heterocycles. The molecule has 3 heteroatoms. The van der Waals surface area contributed by atoms with Gasteiger partial charge in [-0.05, 0) is 37.8 Å². The number of nitrogens with one attached hydrogen (secondary N) is 1. The van der Waals surface area contributed by atoms with Crippen molar-refractivity contribution in [3.63, 3.8) is 0 Å². The summed E-state index contributed by atoms with van der Waals surface area (Å²) in [6.07, 6.45) is 6.37. The lowest BCUT2D eigenvalue weighted by Crippen LogP contribution is -2.38. The second kappa shape index (κ2) is 5.30. The van der Waals surface area contributed by atoms with Gasteiger partial charge in [-0.15, -0.1) is 0 Å². The smallest absolute Gasteiger partial charge is 0.253 e. The van der Waals surface area contributed by atoms with Gasteiger partial charge in [-0.25, -0.2) is 0 Å². The van der Waals surface area contributed by atoms with Crippen molar-refractivity contribution in [3.8, 4) is 0 Å². The van der Waals surface area contributed by atoms with Gasteiger partial charge in [0.15, 0.2) is 0 Å². The van der Waals surface area contributed by atoms with Crippen molar-refractivity contribution < 1.29 is 4.79 Å². The monoisotopic (exact) mass is 232 g/mol. The highest BCUT2D eigenvalue weighted by atomic mass is 16.1. The molecule has 1 aromatic rings. The van der Waals surface area contributed by atoms with Gasteiger partial charge >= 0.3 is 0 Å². The average Bonchev–Trinajstić information content (AvgIpc) is 2.29. The van der Waals surface area contributed by atoms with Crippen LogP contribution in [0.3, 0.4) is 0 Å². The zero-order valence-corrected chi connectivity index (χ0v) is 10.6. The number of hydrogen-bond donors (Lipinski definition) is 1. The number of aryl methyl sites for hydroxylation is 1. The third-order valence-corrected chi connectivity index (χ3v) is 3.45. The molecule has 1 aliphatic rings. The average molecular weight is 232 g/mol. The van der Waals surface area contributed by atoms with Crippen LogP contribution in [0.15, 0.2) is 18.3 Å². The van der Waals surface area contributed by atoms with Crippen LogP contribution >= 0.6 is 0 Å². The van der Waals surface area contributed by atoms with Gasteiger partial charge in [-0.1, -0.05) is 19.8 Å². The summed E-state index contributed by atoms with van der Waals surface area (Å²) in [4.78, 5) is 16.1. The number of nitrogens with zero attached hydrogens (tertiary/aromatic N) is 1. The third-order valence-electron chi connectivity index (χ3n) is 3.45. The summed E-state index contributed by atoms with van der Waals surface area (Å²) >= 11 is 0. The van der Waals surface area contributed by atoms with Crippen LogP contribution in [0.2, 0.25) is 0 Å². The lowest BCUT2D eigenvalue weighted by Gasteiger charge is -2.27. The van der Waals surface area contributed by atoms with Crippen molar-refractivity contribution in [1.29, 1.82) is 0 Å². The number of rotatable bonds is 2. The molecule has 17 heavy (non-hydrogen) atoms. The summed E-state index contributed by atoms with van der Waals surface area (Å²) < 4.78 is 0. The van der Waals surface area contributed by atoms with Crippen molar-refractivity contribution in [2.45, 2.75) is 45.6 Å². The van der Waals surface area contributed by atoms with E-state index in [9.17, 15) is 4.79 Å². The van der Waals surface area contributed by atoms with E-state index < -0.39 is 0 Å². The van der Waals surface area contributed by atoms with Crippen molar-refractivity contribution in [1.82, 2.24) is 10.3 Å². The zero-order valence-electron chi connectivity index (χ0n) is 10.6. The van der Waals surface area contributed by atoms with Gasteiger partial charge in [0, 0.05) is 17.9 Å². The normalized spacial score (nSPS) is 24.4. The van der Waals surface area contributed by atoms with Crippen LogP contribution in [0.5, 0.6) is 0 Å². The van der Waals surface area contributed by atoms with E-state index in [-0.39, 0.29) is 5.91 Å². The number of aromatic nitrogens is 1. The van der Waals surface area contributed by atoms with Gasteiger partial charge in [0.05, 0.1) is 5.56 Å². The van der Waals surface area contributed by atoms with E-state index >= 15 is 0 Å². The van der Waals surface area contributed by atoms with E-state index in [0.717, 1.165) is 24.5 Å². The SMILES string of the molecule is Cc1ccc(C(=O)N[C@H]2CCC[C@@H](C)C2)cn1. The highest BCUT2D eigenvalue weighted by Crippen LogP contribution is 2.23. The Kier molecular flexibility index (Phi) is 3.77. The van der Waals surface area contributed by atoms with Gasteiger partial charge in [0.25, 0.3) is 5.91 Å². The minimum absolute atomic E-state index is 0.0107. The van der Waals surface area contributed by atoms with Crippen molar-refractivity contribution in [2.24, 2.45) is 5.92 Å². The van der Waals surface area contributed by atoms with Crippen LogP contribution in [0, 0.1) is 12.8 Å². The minimum Gasteiger partial charge on any atom is -0.349 e. The Morgan fingerprint density at radius 1 is 1.41 bits per heavy atom. The molecule has 1 saturated carbocycles. The molecule has 2 rings (SSSR count). The van der Waals surface area contributed by atoms with Gasteiger partial charge in [-0.2, -0.15) is 0 Å². The Bertz CT molecular complexity index is 386. The van der Waals surface area contributed by atoms with Gasteiger partial charge in [0.1, 0.15) is 0 Å². The van der Waals surface area contributed by atoms with Gasteiger partial charge < -0.3 is 5.32 Å². The Hall–Kier alpha value is -1.38. The molecule has 0 unspecified atom stereocenters. The fourth-order valence-corrected chi connectivity index (χ4v) is 2.44. The van der Waals surface area contributed by atoms with E-state index in [4.69, 9.17) is 0 Å². The molecular formula is C14H20N2O. The second-order valence-electron chi connectivity index (χ2n) is 5.13. The zero-order chi connectivity index (χ0) is 12.3. The standard InChI is InChI=1S/C14H20N2O/c1-10-4-3-5-13(8-10)16-14(17)12-7-6-11(2)15-9-12/h6-7,9-10,13H,3-5,8H2,1-2H3,(H,16,17)/t10-,13+/m1/s1. The number of carbonyl (C=O) groups is 1. The first kappa shape index (κ1) is 12.1. The molecule has 1 fully saturated rings. The number of hydrogen-bond acceptors (Lipinski definition) is 2. The molecule has 0 spiro atoms. The molecule has 0 radical (unpaired) electrons. The highest BCUT2D eigenvalue weighted by Gasteiger charge is 2.20. The fourth-order valence-electron chi connectivity index (χ4n) is 2.44. The molecule has 0 saturated heterocycles. The maximum Gasteiger partial charge on any atom is 0.253 e. The molecule has 1 N–H and O–H groups in total. The Balaban J connectivity index is 1.94. The summed E-state index contributed by atoms with van der Waals surface area (Å²) in [5.41, 5.74) is 1.60. The second-order valence-corrected chi connectivity index (χ2v) is 5.13. The molecule has 2 atom stereocenters. The highest BCUT2D eigenvalue weighted by molar-refractivity contribution is 5.94. The Morgan fingerprint density at radius 3 is 2.88 bits per heavy atom. The van der Waals surface area contributed by atoms with E-state index in [1.54, 1.807) is 6.20 Å².